The van der Waals surface area contributed by atoms with Gasteiger partial charge < -0.3 is 62.0 Å². The van der Waals surface area contributed by atoms with Crippen molar-refractivity contribution >= 4 is 174 Å². The van der Waals surface area contributed by atoms with Crippen molar-refractivity contribution in [2.24, 2.45) is 51.1 Å². The van der Waals surface area contributed by atoms with Crippen molar-refractivity contribution in [2.75, 3.05) is 69.5 Å². The largest absolute Gasteiger partial charge is 0.478 e. The summed E-state index contributed by atoms with van der Waals surface area (Å²) >= 11 is 5.36. The number of nitrogen functional groups attached to an aromatic ring is 1. The number of ether oxygens (including phenoxy) is 4. The number of allylic oxidation sites excluding steroid dienone is 2. The monoisotopic (exact) mass is 1890 g/mol. The second-order valence-corrected chi connectivity index (χ2v) is 29.8. The molecular formula is C88H111ClFN19O21S2. The van der Waals surface area contributed by atoms with Crippen molar-refractivity contribution in [3.05, 3.63) is 233 Å². The average Bonchev–Trinajstić information content (AvgIpc) is 1.23. The molecule has 8 heterocycles. The van der Waals surface area contributed by atoms with E-state index in [1.807, 2.05) is 105 Å². The summed E-state index contributed by atoms with van der Waals surface area (Å²) in [5, 5.41) is 9.97. The van der Waals surface area contributed by atoms with Crippen LogP contribution in [0.2, 0.25) is 5.02 Å². The SMILES string of the molecule is C.C.C.C.C.C.CC(=O)c1ccc2c(c1)ncn2C.CNOC.COC(=O)C(=O)CC(=O)c1ccc2c(c1)ncn2C.COC(=O)C(C)=O.COC(=O)C1=CC(c2ccc3c(c2)ncn3C)=NS(=O)(=O)N1.COC(=O)C1=CC(c2ccc3c(c2)ncn3C)=NS(=O)(=O)N1C.CON(C)C(=O)c1ccc2c(c1)ncn2C.Cn1cnc2cc(C(=O)O)ccc21.Nc1ccc(F)c(Cl)c1. The number of anilines is 1. The molecule has 1 amide bonds. The zero-order valence-corrected chi connectivity index (χ0v) is 73.3. The van der Waals surface area contributed by atoms with Crippen LogP contribution in [-0.2, 0) is 120 Å². The third-order valence-electron chi connectivity index (χ3n) is 17.8. The first-order valence-corrected chi connectivity index (χ1v) is 39.7. The van der Waals surface area contributed by atoms with Crippen LogP contribution in [0.3, 0.4) is 0 Å². The summed E-state index contributed by atoms with van der Waals surface area (Å²) < 4.78 is 99.0. The van der Waals surface area contributed by atoms with Crippen LogP contribution in [0.1, 0.15) is 117 Å². The lowest BCUT2D eigenvalue weighted by molar-refractivity contribution is -0.151. The van der Waals surface area contributed by atoms with Crippen molar-refractivity contribution in [1.82, 2.24) is 76.9 Å². The minimum atomic E-state index is -3.99. The number of nitrogens with one attached hydrogen (secondary N) is 2. The summed E-state index contributed by atoms with van der Waals surface area (Å²) in [5.41, 5.74) is 21.3. The summed E-state index contributed by atoms with van der Waals surface area (Å²) in [6, 6.07) is 35.4. The Bertz CT molecular complexity index is 6600. The third kappa shape index (κ3) is 30.4. The predicted molar refractivity (Wildman–Crippen MR) is 503 cm³/mol. The van der Waals surface area contributed by atoms with E-state index in [1.165, 1.54) is 70.9 Å². The lowest BCUT2D eigenvalue weighted by Crippen LogP contribution is -2.33. The molecule has 0 bridgehead atoms. The number of benzene rings is 7. The number of ketones is 4. The van der Waals surface area contributed by atoms with E-state index >= 15 is 0 Å². The van der Waals surface area contributed by atoms with Gasteiger partial charge in [0.15, 0.2) is 11.6 Å². The number of carboxylic acid groups (broad SMARTS) is 1. The minimum Gasteiger partial charge on any atom is -0.478 e. The number of carbonyl (C=O) groups excluding carboxylic acids is 9. The summed E-state index contributed by atoms with van der Waals surface area (Å²) in [4.78, 5) is 145. The zero-order valence-electron chi connectivity index (χ0n) is 70.9. The Morgan fingerprint density at radius 1 is 0.485 bits per heavy atom. The summed E-state index contributed by atoms with van der Waals surface area (Å²) in [7, 11) is 15.5. The second-order valence-electron chi connectivity index (χ2n) is 26.4. The van der Waals surface area contributed by atoms with Gasteiger partial charge in [0.25, 0.3) is 5.91 Å². The number of methoxy groups -OCH3 is 4. The van der Waals surface area contributed by atoms with E-state index in [4.69, 9.17) is 27.3 Å². The Kier molecular flexibility index (Phi) is 45.3. The van der Waals surface area contributed by atoms with Gasteiger partial charge in [-0.2, -0.15) is 16.8 Å². The van der Waals surface area contributed by atoms with Crippen LogP contribution in [-0.4, -0.2) is 223 Å². The number of aromatic carboxylic acids is 1. The molecule has 13 aromatic rings. The van der Waals surface area contributed by atoms with Gasteiger partial charge in [-0.25, -0.2) is 73.1 Å². The van der Waals surface area contributed by atoms with Crippen molar-refractivity contribution in [1.29, 1.82) is 0 Å². The van der Waals surface area contributed by atoms with Crippen molar-refractivity contribution in [3.63, 3.8) is 0 Å². The Hall–Kier alpha value is -14.9. The van der Waals surface area contributed by atoms with Gasteiger partial charge in [-0.15, -0.1) is 8.80 Å². The number of imidazole rings is 6. The number of rotatable bonds is 14. The van der Waals surface area contributed by atoms with E-state index in [-0.39, 0.29) is 89.7 Å². The number of hydrogen-bond acceptors (Lipinski definition) is 28. The Morgan fingerprint density at radius 3 is 1.20 bits per heavy atom. The van der Waals surface area contributed by atoms with Crippen LogP contribution in [0.5, 0.6) is 0 Å². The average molecular weight is 1890 g/mol. The molecule has 0 saturated carbocycles. The van der Waals surface area contributed by atoms with Gasteiger partial charge in [-0.3, -0.25) is 33.5 Å². The molecule has 7 aromatic carbocycles. The van der Waals surface area contributed by atoms with Gasteiger partial charge in [0.1, 0.15) is 17.2 Å². The van der Waals surface area contributed by atoms with Gasteiger partial charge in [0.05, 0.1) is 175 Å². The molecule has 2 aliphatic heterocycles. The number of likely N-dealkylation sites (N-methyl/N-ethyl adjacent to an activating group) is 1. The smallest absolute Gasteiger partial charge is 0.374 e. The van der Waals surface area contributed by atoms with Crippen LogP contribution in [0.4, 0.5) is 10.1 Å². The number of aryl methyl sites for hydroxylation is 6. The number of nitrogens with zero attached hydrogens (tertiary/aromatic N) is 16. The van der Waals surface area contributed by atoms with Gasteiger partial charge in [0.2, 0.25) is 11.6 Å². The van der Waals surface area contributed by atoms with Crippen molar-refractivity contribution < 1.29 is 103 Å². The maximum atomic E-state index is 12.3. The Balaban J connectivity index is 0.000000760. The van der Waals surface area contributed by atoms with Gasteiger partial charge in [-0.1, -0.05) is 68.3 Å². The molecule has 0 fully saturated rings. The van der Waals surface area contributed by atoms with E-state index in [1.54, 1.807) is 145 Å². The number of halogens is 2. The third-order valence-corrected chi connectivity index (χ3v) is 20.3. The molecule has 44 heteroatoms. The number of Topliss-reactive ketones (excluding diaryl/α,β-unsaturated/α-hetero) is 4. The number of hydroxylamine groups is 3. The molecule has 0 unspecified atom stereocenters. The highest BCUT2D eigenvalue weighted by Gasteiger charge is 2.31. The predicted octanol–water partition coefficient (Wildman–Crippen LogP) is 11.4. The molecule has 2 aliphatic rings. The molecule has 0 saturated heterocycles. The first-order valence-electron chi connectivity index (χ1n) is 36.5. The maximum Gasteiger partial charge on any atom is 0.374 e. The Labute approximate surface area is 768 Å². The number of esters is 4. The number of carboxylic acids is 1. The molecule has 15 rings (SSSR count). The summed E-state index contributed by atoms with van der Waals surface area (Å²) in [6.07, 6.45) is 12.3. The van der Waals surface area contributed by atoms with Crippen LogP contribution < -0.4 is 15.9 Å². The molecule has 0 spiro atoms. The fourth-order valence-electron chi connectivity index (χ4n) is 11.0. The molecule has 6 aromatic heterocycles. The fraction of sp³-hybridized carbons (Fsp3) is 0.273. The quantitative estimate of drug-likeness (QED) is 0.0149. The van der Waals surface area contributed by atoms with Crippen LogP contribution >= 0.6 is 11.6 Å². The van der Waals surface area contributed by atoms with E-state index < -0.39 is 79.9 Å². The van der Waals surface area contributed by atoms with E-state index in [0.29, 0.717) is 55.6 Å². The highest BCUT2D eigenvalue weighted by molar-refractivity contribution is 7.88. The number of aromatic nitrogens is 12. The van der Waals surface area contributed by atoms with Gasteiger partial charge in [-0.05, 0) is 134 Å². The minimum absolute atomic E-state index is 0. The van der Waals surface area contributed by atoms with E-state index in [2.05, 4.69) is 68.0 Å². The normalized spacial score (nSPS) is 11.9. The molecule has 0 radical (unpaired) electrons. The lowest BCUT2D eigenvalue weighted by Gasteiger charge is -2.22. The Morgan fingerprint density at radius 2 is 0.848 bits per heavy atom. The first kappa shape index (κ1) is 115. The van der Waals surface area contributed by atoms with E-state index in [9.17, 15) is 69.2 Å². The van der Waals surface area contributed by atoms with Crippen LogP contribution in [0.25, 0.3) is 66.2 Å². The topological polar surface area (TPSA) is 503 Å². The standard InChI is InChI=1S/C14H14N4O4S.C13H12N4O4S.C13H12N2O4.C11H13N3O2.C10H10N2O.C9H8N2O2.C6H5ClFN.C4H6O3.C2H7NO.6CH4/c1-17-8-15-11-6-9(4-5-12(11)17)10-7-13(14(19)22-3)18(2)23(20,21)16-10;1-17-7-14-10-5-8(3-4-12(10)17)9-6-11(13(18)21-2)16-22(19,20)15-9;1-15-7-14-9-5-8(3-4-10(9)15)11(16)6-12(17)13(18)19-2;1-13-7-12-9-6-8(4-5-10(9)13)11(15)14(2)16-3;1-7(13)8-3-4-10-9(5-8)11-6-12(10)2;1-11-5-10-7-4-6(9(12)13)2-3-8(7)11;7-5-3-4(9)1-2-6(5)8;1-3(5)4(6)7-2;1-3-4-2;;;;;;/h4-8H,1-3H3;3-7,16H,1-2H3;3-5,7H,6H2,1-2H3;4-7H,1-3H3;3-6H,1-2H3;2-5H,1H3,(H,12,13);1-3H,9H2;1-2H3;3H,1-2H3;6*1H4. The molecule has 5 N–H and O–H groups in total. The molecule has 132 heavy (non-hydrogen) atoms. The zero-order chi connectivity index (χ0) is 93.4. The summed E-state index contributed by atoms with van der Waals surface area (Å²) in [5.74, 6) is -6.65. The second kappa shape index (κ2) is 51.9. The summed E-state index contributed by atoms with van der Waals surface area (Å²) in [6.45, 7) is 2.72. The number of carbonyl (C=O) groups is 10. The fourth-order valence-corrected chi connectivity index (χ4v) is 12.9. The molecule has 710 valence electrons. The number of amides is 1. The number of fused-ring (bicyclic) bond motifs is 6. The molecule has 0 atom stereocenters. The van der Waals surface area contributed by atoms with Crippen LogP contribution in [0, 0.1) is 5.82 Å². The highest BCUT2D eigenvalue weighted by Crippen LogP contribution is 2.26. The van der Waals surface area contributed by atoms with Crippen molar-refractivity contribution in [2.45, 2.75) is 64.8 Å². The first-order chi connectivity index (χ1) is 59.5. The molecular weight excluding hydrogens is 1780 g/mol. The van der Waals surface area contributed by atoms with Crippen LogP contribution in [0.15, 0.2) is 198 Å². The number of nitrogens with two attached hydrogens (primary N) is 1. The molecule has 40 nitrogen and oxygen atoms in total. The lowest BCUT2D eigenvalue weighted by atomic mass is 10.1. The van der Waals surface area contributed by atoms with Gasteiger partial charge >= 0.3 is 50.3 Å². The van der Waals surface area contributed by atoms with Gasteiger partial charge in [0, 0.05) is 104 Å². The molecule has 0 aliphatic carbocycles. The number of hydrogen-bond donors (Lipinski definition) is 4. The highest BCUT2D eigenvalue weighted by atomic mass is 35.5. The van der Waals surface area contributed by atoms with Crippen molar-refractivity contribution in [3.8, 4) is 0 Å². The van der Waals surface area contributed by atoms with E-state index in [0.717, 1.165) is 62.5 Å². The maximum absolute atomic E-state index is 12.3.